The van der Waals surface area contributed by atoms with E-state index in [9.17, 15) is 8.42 Å². The SMILES string of the molecule is CCC(CC)CNS(=O)(=O)c1cc(C)cc(N)c1. The Bertz CT molecular complexity index is 473. The normalized spacial score (nSPS) is 12.0. The van der Waals surface area contributed by atoms with Gasteiger partial charge >= 0.3 is 0 Å². The first-order chi connectivity index (χ1) is 8.39. The quantitative estimate of drug-likeness (QED) is 0.779. The van der Waals surface area contributed by atoms with Crippen LogP contribution in [0.1, 0.15) is 32.3 Å². The smallest absolute Gasteiger partial charge is 0.240 e. The van der Waals surface area contributed by atoms with E-state index in [1.54, 1.807) is 12.1 Å². The summed E-state index contributed by atoms with van der Waals surface area (Å²) in [6.07, 6.45) is 1.93. The third kappa shape index (κ3) is 3.99. The Kier molecular flexibility index (Phi) is 5.16. The topological polar surface area (TPSA) is 72.2 Å². The molecule has 0 heterocycles. The summed E-state index contributed by atoms with van der Waals surface area (Å²) in [6, 6.07) is 4.87. The fraction of sp³-hybridized carbons (Fsp3) is 0.538. The highest BCUT2D eigenvalue weighted by atomic mass is 32.2. The van der Waals surface area contributed by atoms with E-state index in [0.29, 0.717) is 18.2 Å². The molecule has 0 radical (unpaired) electrons. The molecular formula is C13H22N2O2S. The van der Waals surface area contributed by atoms with Gasteiger partial charge in [0.15, 0.2) is 0 Å². The third-order valence-electron chi connectivity index (χ3n) is 3.10. The molecule has 0 saturated carbocycles. The average molecular weight is 270 g/mol. The number of hydrogen-bond acceptors (Lipinski definition) is 3. The van der Waals surface area contributed by atoms with Crippen LogP contribution < -0.4 is 10.5 Å². The second kappa shape index (κ2) is 6.20. The molecule has 3 N–H and O–H groups in total. The summed E-state index contributed by atoms with van der Waals surface area (Å²) in [5, 5.41) is 0. The molecule has 0 aliphatic rings. The van der Waals surface area contributed by atoms with Gasteiger partial charge in [-0.15, -0.1) is 0 Å². The van der Waals surface area contributed by atoms with Crippen molar-refractivity contribution in [3.8, 4) is 0 Å². The first kappa shape index (κ1) is 15.0. The molecule has 0 amide bonds. The summed E-state index contributed by atoms with van der Waals surface area (Å²) in [4.78, 5) is 0.242. The molecule has 0 aliphatic heterocycles. The first-order valence-electron chi connectivity index (χ1n) is 6.25. The Morgan fingerprint density at radius 3 is 2.33 bits per heavy atom. The second-order valence-electron chi connectivity index (χ2n) is 4.61. The van der Waals surface area contributed by atoms with Crippen LogP contribution in [0.25, 0.3) is 0 Å². The minimum absolute atomic E-state index is 0.242. The number of nitrogens with two attached hydrogens (primary N) is 1. The van der Waals surface area contributed by atoms with Crippen LogP contribution in [0.5, 0.6) is 0 Å². The fourth-order valence-corrected chi connectivity index (χ4v) is 3.07. The van der Waals surface area contributed by atoms with Crippen molar-refractivity contribution >= 4 is 15.7 Å². The highest BCUT2D eigenvalue weighted by molar-refractivity contribution is 7.89. The fourth-order valence-electron chi connectivity index (χ4n) is 1.82. The first-order valence-corrected chi connectivity index (χ1v) is 7.74. The molecule has 0 fully saturated rings. The molecule has 1 aromatic rings. The molecule has 0 atom stereocenters. The van der Waals surface area contributed by atoms with Gasteiger partial charge in [-0.3, -0.25) is 0 Å². The van der Waals surface area contributed by atoms with E-state index < -0.39 is 10.0 Å². The van der Waals surface area contributed by atoms with E-state index in [-0.39, 0.29) is 4.90 Å². The van der Waals surface area contributed by atoms with Crippen molar-refractivity contribution in [2.24, 2.45) is 5.92 Å². The minimum atomic E-state index is -3.45. The zero-order valence-electron chi connectivity index (χ0n) is 11.2. The van der Waals surface area contributed by atoms with Crippen LogP contribution in [0.3, 0.4) is 0 Å². The highest BCUT2D eigenvalue weighted by Gasteiger charge is 2.16. The molecule has 4 nitrogen and oxygen atoms in total. The van der Waals surface area contributed by atoms with Crippen LogP contribution in [0.4, 0.5) is 5.69 Å². The number of hydrogen-bond donors (Lipinski definition) is 2. The van der Waals surface area contributed by atoms with Gasteiger partial charge in [-0.05, 0) is 36.6 Å². The average Bonchev–Trinajstić information content (AvgIpc) is 2.29. The monoisotopic (exact) mass is 270 g/mol. The van der Waals surface area contributed by atoms with E-state index in [2.05, 4.69) is 18.6 Å². The number of sulfonamides is 1. The van der Waals surface area contributed by atoms with Crippen molar-refractivity contribution in [1.82, 2.24) is 4.72 Å². The zero-order chi connectivity index (χ0) is 13.8. The predicted molar refractivity (Wildman–Crippen MR) is 74.9 cm³/mol. The lowest BCUT2D eigenvalue weighted by atomic mass is 10.0. The van der Waals surface area contributed by atoms with Crippen LogP contribution in [0.15, 0.2) is 23.1 Å². The second-order valence-corrected chi connectivity index (χ2v) is 6.38. The predicted octanol–water partition coefficient (Wildman–Crippen LogP) is 2.29. The zero-order valence-corrected chi connectivity index (χ0v) is 12.0. The summed E-state index contributed by atoms with van der Waals surface area (Å²) in [7, 11) is -3.45. The Labute approximate surface area is 110 Å². The standard InChI is InChI=1S/C13H22N2O2S/c1-4-11(5-2)9-15-18(16,17)13-7-10(3)6-12(14)8-13/h6-8,11,15H,4-5,9,14H2,1-3H3. The summed E-state index contributed by atoms with van der Waals surface area (Å²) in [5.41, 5.74) is 6.99. The lowest BCUT2D eigenvalue weighted by Crippen LogP contribution is -2.29. The molecule has 18 heavy (non-hydrogen) atoms. The maximum absolute atomic E-state index is 12.1. The lowest BCUT2D eigenvalue weighted by molar-refractivity contribution is 0.479. The van der Waals surface area contributed by atoms with E-state index in [1.807, 2.05) is 6.92 Å². The minimum Gasteiger partial charge on any atom is -0.399 e. The van der Waals surface area contributed by atoms with E-state index >= 15 is 0 Å². The third-order valence-corrected chi connectivity index (χ3v) is 4.50. The number of anilines is 1. The van der Waals surface area contributed by atoms with Gasteiger partial charge in [0.05, 0.1) is 4.90 Å². The lowest BCUT2D eigenvalue weighted by Gasteiger charge is -2.14. The molecule has 5 heteroatoms. The van der Waals surface area contributed by atoms with Crippen LogP contribution in [0.2, 0.25) is 0 Å². The molecule has 1 aromatic carbocycles. The summed E-state index contributed by atoms with van der Waals surface area (Å²) >= 11 is 0. The Morgan fingerprint density at radius 2 is 1.83 bits per heavy atom. The molecule has 0 bridgehead atoms. The molecule has 0 aliphatic carbocycles. The largest absolute Gasteiger partial charge is 0.399 e. The van der Waals surface area contributed by atoms with E-state index in [4.69, 9.17) is 5.73 Å². The van der Waals surface area contributed by atoms with Crippen molar-refractivity contribution in [2.75, 3.05) is 12.3 Å². The van der Waals surface area contributed by atoms with Crippen LogP contribution in [-0.4, -0.2) is 15.0 Å². The van der Waals surface area contributed by atoms with Gasteiger partial charge in [0, 0.05) is 12.2 Å². The molecule has 102 valence electrons. The number of rotatable bonds is 6. The molecule has 0 spiro atoms. The van der Waals surface area contributed by atoms with Gasteiger partial charge in [-0.2, -0.15) is 0 Å². The number of nitrogen functional groups attached to an aromatic ring is 1. The summed E-state index contributed by atoms with van der Waals surface area (Å²) < 4.78 is 26.9. The van der Waals surface area contributed by atoms with E-state index in [0.717, 1.165) is 18.4 Å². The van der Waals surface area contributed by atoms with Gasteiger partial charge < -0.3 is 5.73 Å². The van der Waals surface area contributed by atoms with Gasteiger partial charge in [-0.1, -0.05) is 26.7 Å². The van der Waals surface area contributed by atoms with Crippen LogP contribution >= 0.6 is 0 Å². The number of aryl methyl sites for hydroxylation is 1. The summed E-state index contributed by atoms with van der Waals surface area (Å²) in [6.45, 7) is 6.43. The molecular weight excluding hydrogens is 248 g/mol. The Balaban J connectivity index is 2.86. The maximum Gasteiger partial charge on any atom is 0.240 e. The van der Waals surface area contributed by atoms with Crippen molar-refractivity contribution in [3.05, 3.63) is 23.8 Å². The van der Waals surface area contributed by atoms with Gasteiger partial charge in [0.25, 0.3) is 0 Å². The maximum atomic E-state index is 12.1. The van der Waals surface area contributed by atoms with Crippen LogP contribution in [-0.2, 0) is 10.0 Å². The van der Waals surface area contributed by atoms with Gasteiger partial charge in [0.2, 0.25) is 10.0 Å². The molecule has 0 aromatic heterocycles. The van der Waals surface area contributed by atoms with Crippen molar-refractivity contribution in [1.29, 1.82) is 0 Å². The number of benzene rings is 1. The van der Waals surface area contributed by atoms with Gasteiger partial charge in [-0.25, -0.2) is 13.1 Å². The Hall–Kier alpha value is -1.07. The Morgan fingerprint density at radius 1 is 1.22 bits per heavy atom. The summed E-state index contributed by atoms with van der Waals surface area (Å²) in [5.74, 6) is 0.377. The highest BCUT2D eigenvalue weighted by Crippen LogP contribution is 2.16. The van der Waals surface area contributed by atoms with Crippen molar-refractivity contribution in [2.45, 2.75) is 38.5 Å². The number of nitrogens with one attached hydrogen (secondary N) is 1. The molecule has 0 unspecified atom stereocenters. The van der Waals surface area contributed by atoms with E-state index in [1.165, 1.54) is 6.07 Å². The van der Waals surface area contributed by atoms with Crippen LogP contribution in [0, 0.1) is 12.8 Å². The van der Waals surface area contributed by atoms with Crippen molar-refractivity contribution < 1.29 is 8.42 Å². The molecule has 1 rings (SSSR count). The van der Waals surface area contributed by atoms with Crippen molar-refractivity contribution in [3.63, 3.8) is 0 Å². The van der Waals surface area contributed by atoms with Gasteiger partial charge in [0.1, 0.15) is 0 Å². The molecule has 0 saturated heterocycles.